The maximum absolute atomic E-state index is 11.3. The molecule has 0 aliphatic heterocycles. The number of carbonyl (C=O) groups excluding carboxylic acids is 2. The van der Waals surface area contributed by atoms with Gasteiger partial charge in [-0.2, -0.15) is 0 Å². The Morgan fingerprint density at radius 2 is 1.79 bits per heavy atom. The molecule has 0 spiro atoms. The Bertz CT molecular complexity index is 266. The average Bonchev–Trinajstić information content (AvgIpc) is 2.36. The Labute approximate surface area is 116 Å². The van der Waals surface area contributed by atoms with Gasteiger partial charge in [0.15, 0.2) is 0 Å². The summed E-state index contributed by atoms with van der Waals surface area (Å²) in [6.45, 7) is 7.54. The summed E-state index contributed by atoms with van der Waals surface area (Å²) in [5.41, 5.74) is 0. The zero-order chi connectivity index (χ0) is 14.7. The van der Waals surface area contributed by atoms with Crippen molar-refractivity contribution in [2.24, 2.45) is 0 Å². The molecule has 0 rings (SSSR count). The largest absolute Gasteiger partial charge is 0.468 e. The first kappa shape index (κ1) is 17.9. The second-order valence-electron chi connectivity index (χ2n) is 4.76. The zero-order valence-electron chi connectivity index (χ0n) is 12.6. The third-order valence-corrected chi connectivity index (χ3v) is 2.92. The highest BCUT2D eigenvalue weighted by Gasteiger charge is 2.13. The topological polar surface area (TPSA) is 55.8 Å². The number of hydrogen-bond donors (Lipinski definition) is 0. The van der Waals surface area contributed by atoms with Gasteiger partial charge < -0.3 is 9.47 Å². The Kier molecular flexibility index (Phi) is 10.2. The summed E-state index contributed by atoms with van der Waals surface area (Å²) >= 11 is 0. The molecule has 0 saturated carbocycles. The predicted molar refractivity (Wildman–Crippen MR) is 73.8 cm³/mol. The molecule has 0 aromatic rings. The van der Waals surface area contributed by atoms with Crippen molar-refractivity contribution in [1.29, 1.82) is 0 Å². The van der Waals surface area contributed by atoms with Gasteiger partial charge in [0.2, 0.25) is 0 Å². The molecule has 0 radical (unpaired) electrons. The molecule has 0 fully saturated rings. The van der Waals surface area contributed by atoms with E-state index in [0.29, 0.717) is 25.6 Å². The molecule has 0 aromatic carbocycles. The van der Waals surface area contributed by atoms with Gasteiger partial charge in [-0.05, 0) is 40.2 Å². The SMILES string of the molecule is CCOC(=O)CCCCCN(CC(=O)OC)C(C)C. The van der Waals surface area contributed by atoms with Crippen LogP contribution >= 0.6 is 0 Å². The lowest BCUT2D eigenvalue weighted by Gasteiger charge is -2.24. The molecule has 0 N–H and O–H groups in total. The van der Waals surface area contributed by atoms with Gasteiger partial charge in [0.1, 0.15) is 0 Å². The number of nitrogens with zero attached hydrogens (tertiary/aromatic N) is 1. The third kappa shape index (κ3) is 9.47. The summed E-state index contributed by atoms with van der Waals surface area (Å²) in [5, 5.41) is 0. The highest BCUT2D eigenvalue weighted by molar-refractivity contribution is 5.71. The van der Waals surface area contributed by atoms with Crippen LogP contribution < -0.4 is 0 Å². The fourth-order valence-electron chi connectivity index (χ4n) is 1.74. The van der Waals surface area contributed by atoms with E-state index in [2.05, 4.69) is 23.5 Å². The van der Waals surface area contributed by atoms with Crippen LogP contribution in [0.15, 0.2) is 0 Å². The fraction of sp³-hybridized carbons (Fsp3) is 0.857. The molecule has 0 amide bonds. The molecule has 5 nitrogen and oxygen atoms in total. The summed E-state index contributed by atoms with van der Waals surface area (Å²) in [4.78, 5) is 24.5. The van der Waals surface area contributed by atoms with Crippen LogP contribution in [0.2, 0.25) is 0 Å². The van der Waals surface area contributed by atoms with Crippen LogP contribution in [0, 0.1) is 0 Å². The maximum Gasteiger partial charge on any atom is 0.319 e. The summed E-state index contributed by atoms with van der Waals surface area (Å²) in [6.07, 6.45) is 3.24. The molecule has 5 heteroatoms. The van der Waals surface area contributed by atoms with Crippen molar-refractivity contribution in [2.45, 2.75) is 52.5 Å². The molecular formula is C14H27NO4. The molecular weight excluding hydrogens is 246 g/mol. The number of rotatable bonds is 10. The van der Waals surface area contributed by atoms with E-state index in [1.165, 1.54) is 7.11 Å². The quantitative estimate of drug-likeness (QED) is 0.450. The van der Waals surface area contributed by atoms with Gasteiger partial charge in [0.05, 0.1) is 20.3 Å². The minimum atomic E-state index is -0.208. The Balaban J connectivity index is 3.76. The molecule has 0 unspecified atom stereocenters. The summed E-state index contributed by atoms with van der Waals surface area (Å²) in [7, 11) is 1.40. The average molecular weight is 273 g/mol. The molecule has 0 aliphatic carbocycles. The lowest BCUT2D eigenvalue weighted by molar-refractivity contribution is -0.143. The molecule has 0 heterocycles. The molecule has 0 bridgehead atoms. The first-order valence-electron chi connectivity index (χ1n) is 6.97. The Hall–Kier alpha value is -1.10. The molecule has 0 saturated heterocycles. The smallest absolute Gasteiger partial charge is 0.319 e. The van der Waals surface area contributed by atoms with Crippen LogP contribution in [-0.2, 0) is 19.1 Å². The number of hydrogen-bond acceptors (Lipinski definition) is 5. The number of carbonyl (C=O) groups is 2. The van der Waals surface area contributed by atoms with Gasteiger partial charge in [-0.25, -0.2) is 0 Å². The second kappa shape index (κ2) is 10.8. The molecule has 0 atom stereocenters. The van der Waals surface area contributed by atoms with Crippen molar-refractivity contribution in [3.05, 3.63) is 0 Å². The van der Waals surface area contributed by atoms with Crippen molar-refractivity contribution in [1.82, 2.24) is 4.90 Å². The second-order valence-corrected chi connectivity index (χ2v) is 4.76. The van der Waals surface area contributed by atoms with E-state index in [4.69, 9.17) is 4.74 Å². The normalized spacial score (nSPS) is 10.8. The van der Waals surface area contributed by atoms with Gasteiger partial charge in [0.25, 0.3) is 0 Å². The van der Waals surface area contributed by atoms with Crippen molar-refractivity contribution < 1.29 is 19.1 Å². The molecule has 0 aliphatic rings. The predicted octanol–water partition coefficient (Wildman–Crippen LogP) is 1.99. The molecule has 0 aromatic heterocycles. The maximum atomic E-state index is 11.3. The highest BCUT2D eigenvalue weighted by atomic mass is 16.5. The minimum Gasteiger partial charge on any atom is -0.468 e. The van der Waals surface area contributed by atoms with Crippen LogP contribution in [0.4, 0.5) is 0 Å². The standard InChI is InChI=1S/C14H27NO4/c1-5-19-13(16)9-7-6-8-10-15(12(2)3)11-14(17)18-4/h12H,5-11H2,1-4H3. The zero-order valence-corrected chi connectivity index (χ0v) is 12.6. The van der Waals surface area contributed by atoms with Gasteiger partial charge in [-0.3, -0.25) is 14.5 Å². The monoisotopic (exact) mass is 273 g/mol. The molecule has 19 heavy (non-hydrogen) atoms. The van der Waals surface area contributed by atoms with E-state index >= 15 is 0 Å². The third-order valence-electron chi connectivity index (χ3n) is 2.92. The first-order valence-corrected chi connectivity index (χ1v) is 6.97. The Morgan fingerprint density at radius 3 is 2.32 bits per heavy atom. The van der Waals surface area contributed by atoms with E-state index < -0.39 is 0 Å². The van der Waals surface area contributed by atoms with Crippen LogP contribution in [0.5, 0.6) is 0 Å². The summed E-state index contributed by atoms with van der Waals surface area (Å²) in [5.74, 6) is -0.335. The van der Waals surface area contributed by atoms with Gasteiger partial charge in [0, 0.05) is 12.5 Å². The molecule has 112 valence electrons. The van der Waals surface area contributed by atoms with E-state index in [-0.39, 0.29) is 11.9 Å². The van der Waals surface area contributed by atoms with Gasteiger partial charge in [-0.15, -0.1) is 0 Å². The minimum absolute atomic E-state index is 0.127. The van der Waals surface area contributed by atoms with E-state index in [9.17, 15) is 9.59 Å². The number of unbranched alkanes of at least 4 members (excludes halogenated alkanes) is 2. The van der Waals surface area contributed by atoms with Crippen molar-refractivity contribution in [3.63, 3.8) is 0 Å². The lowest BCUT2D eigenvalue weighted by atomic mass is 10.1. The number of methoxy groups -OCH3 is 1. The van der Waals surface area contributed by atoms with E-state index in [1.807, 2.05) is 6.92 Å². The number of ether oxygens (including phenoxy) is 2. The van der Waals surface area contributed by atoms with Crippen molar-refractivity contribution in [3.8, 4) is 0 Å². The van der Waals surface area contributed by atoms with E-state index in [1.54, 1.807) is 0 Å². The van der Waals surface area contributed by atoms with Crippen molar-refractivity contribution in [2.75, 3.05) is 26.8 Å². The van der Waals surface area contributed by atoms with Crippen LogP contribution in [0.25, 0.3) is 0 Å². The van der Waals surface area contributed by atoms with Crippen LogP contribution in [0.1, 0.15) is 46.5 Å². The summed E-state index contributed by atoms with van der Waals surface area (Å²) in [6, 6.07) is 0.309. The summed E-state index contributed by atoms with van der Waals surface area (Å²) < 4.78 is 9.54. The van der Waals surface area contributed by atoms with Crippen LogP contribution in [0.3, 0.4) is 0 Å². The number of esters is 2. The van der Waals surface area contributed by atoms with Crippen molar-refractivity contribution >= 4 is 11.9 Å². The van der Waals surface area contributed by atoms with E-state index in [0.717, 1.165) is 25.8 Å². The Morgan fingerprint density at radius 1 is 1.11 bits per heavy atom. The lowest BCUT2D eigenvalue weighted by Crippen LogP contribution is -2.36. The van der Waals surface area contributed by atoms with Gasteiger partial charge >= 0.3 is 11.9 Å². The first-order chi connectivity index (χ1) is 9.01. The highest BCUT2D eigenvalue weighted by Crippen LogP contribution is 2.06. The van der Waals surface area contributed by atoms with Crippen LogP contribution in [-0.4, -0.2) is 49.7 Å². The van der Waals surface area contributed by atoms with Gasteiger partial charge in [-0.1, -0.05) is 6.42 Å². The fourth-order valence-corrected chi connectivity index (χ4v) is 1.74.